The van der Waals surface area contributed by atoms with Crippen LogP contribution < -0.4 is 5.32 Å². The molecule has 0 spiro atoms. The van der Waals surface area contributed by atoms with E-state index in [0.717, 1.165) is 18.5 Å². The van der Waals surface area contributed by atoms with Crippen LogP contribution in [0.5, 0.6) is 0 Å². The van der Waals surface area contributed by atoms with E-state index in [1.807, 2.05) is 13.2 Å². The molecular formula is C7H13N3S. The summed E-state index contributed by atoms with van der Waals surface area (Å²) in [5.74, 6) is 0. The molecule has 0 aliphatic heterocycles. The average molecular weight is 171 g/mol. The lowest BCUT2D eigenvalue weighted by Crippen LogP contribution is -2.26. The summed E-state index contributed by atoms with van der Waals surface area (Å²) in [6, 6.07) is 0.541. The van der Waals surface area contributed by atoms with Gasteiger partial charge in [-0.05, 0) is 13.5 Å². The van der Waals surface area contributed by atoms with Crippen LogP contribution >= 0.6 is 11.7 Å². The van der Waals surface area contributed by atoms with Crippen LogP contribution in [0.25, 0.3) is 0 Å². The van der Waals surface area contributed by atoms with Crippen molar-refractivity contribution < 1.29 is 0 Å². The molecule has 0 aliphatic carbocycles. The van der Waals surface area contributed by atoms with E-state index in [4.69, 9.17) is 0 Å². The third-order valence-corrected chi connectivity index (χ3v) is 2.28. The molecule has 0 saturated heterocycles. The molecule has 4 heteroatoms. The molecule has 1 unspecified atom stereocenters. The molecule has 0 fully saturated rings. The smallest absolute Gasteiger partial charge is 0.0758 e. The van der Waals surface area contributed by atoms with Crippen LogP contribution in [0.4, 0.5) is 0 Å². The standard InChI is InChI=1S/C7H13N3S/c1-3-6(8-2)4-7-5-9-11-10-7/h5-6,8H,3-4H2,1-2H3. The van der Waals surface area contributed by atoms with Gasteiger partial charge >= 0.3 is 0 Å². The van der Waals surface area contributed by atoms with Crippen LogP contribution in [0, 0.1) is 0 Å². The molecule has 1 atom stereocenters. The second-order valence-corrected chi connectivity index (χ2v) is 3.05. The Kier molecular flexibility index (Phi) is 3.45. The van der Waals surface area contributed by atoms with Crippen molar-refractivity contribution in [1.82, 2.24) is 14.1 Å². The van der Waals surface area contributed by atoms with Gasteiger partial charge in [-0.15, -0.1) is 0 Å². The van der Waals surface area contributed by atoms with Gasteiger partial charge in [0.2, 0.25) is 0 Å². The number of rotatable bonds is 4. The minimum atomic E-state index is 0.541. The average Bonchev–Trinajstić information content (AvgIpc) is 2.52. The first kappa shape index (κ1) is 8.62. The fourth-order valence-electron chi connectivity index (χ4n) is 0.977. The Morgan fingerprint density at radius 3 is 3.00 bits per heavy atom. The Balaban J connectivity index is 2.41. The molecule has 0 aromatic carbocycles. The second kappa shape index (κ2) is 4.41. The zero-order chi connectivity index (χ0) is 8.10. The number of aromatic nitrogens is 2. The van der Waals surface area contributed by atoms with Crippen LogP contribution in [-0.2, 0) is 6.42 Å². The highest BCUT2D eigenvalue weighted by atomic mass is 32.1. The lowest BCUT2D eigenvalue weighted by molar-refractivity contribution is 0.539. The summed E-state index contributed by atoms with van der Waals surface area (Å²) < 4.78 is 8.09. The van der Waals surface area contributed by atoms with Gasteiger partial charge in [0.15, 0.2) is 0 Å². The van der Waals surface area contributed by atoms with Crippen molar-refractivity contribution in [2.75, 3.05) is 7.05 Å². The van der Waals surface area contributed by atoms with Crippen molar-refractivity contribution in [3.63, 3.8) is 0 Å². The zero-order valence-electron chi connectivity index (χ0n) is 6.87. The monoisotopic (exact) mass is 171 g/mol. The zero-order valence-corrected chi connectivity index (χ0v) is 7.69. The molecule has 62 valence electrons. The predicted molar refractivity (Wildman–Crippen MR) is 46.8 cm³/mol. The van der Waals surface area contributed by atoms with Crippen molar-refractivity contribution in [1.29, 1.82) is 0 Å². The fourth-order valence-corrected chi connectivity index (χ4v) is 1.42. The van der Waals surface area contributed by atoms with Crippen molar-refractivity contribution in [2.24, 2.45) is 0 Å². The number of hydrogen-bond acceptors (Lipinski definition) is 4. The fraction of sp³-hybridized carbons (Fsp3) is 0.714. The molecule has 0 amide bonds. The number of nitrogens with one attached hydrogen (secondary N) is 1. The predicted octanol–water partition coefficient (Wildman–Crippen LogP) is 1.08. The Bertz CT molecular complexity index is 182. The topological polar surface area (TPSA) is 37.8 Å². The van der Waals surface area contributed by atoms with Gasteiger partial charge in [-0.1, -0.05) is 6.92 Å². The molecule has 1 N–H and O–H groups in total. The van der Waals surface area contributed by atoms with Gasteiger partial charge in [0, 0.05) is 12.5 Å². The minimum absolute atomic E-state index is 0.541. The Labute approximate surface area is 71.2 Å². The van der Waals surface area contributed by atoms with E-state index in [-0.39, 0.29) is 0 Å². The first-order valence-electron chi connectivity index (χ1n) is 3.80. The highest BCUT2D eigenvalue weighted by molar-refractivity contribution is 6.99. The Morgan fingerprint density at radius 1 is 1.73 bits per heavy atom. The SMILES string of the molecule is CCC(Cc1cnsn1)NC. The summed E-state index contributed by atoms with van der Waals surface area (Å²) in [5.41, 5.74) is 1.09. The van der Waals surface area contributed by atoms with Gasteiger partial charge in [-0.3, -0.25) is 0 Å². The maximum Gasteiger partial charge on any atom is 0.0758 e. The molecule has 1 aromatic rings. The largest absolute Gasteiger partial charge is 0.317 e. The van der Waals surface area contributed by atoms with E-state index < -0.39 is 0 Å². The number of likely N-dealkylation sites (N-methyl/N-ethyl adjacent to an activating group) is 1. The van der Waals surface area contributed by atoms with Crippen LogP contribution in [0.3, 0.4) is 0 Å². The molecular weight excluding hydrogens is 158 g/mol. The van der Waals surface area contributed by atoms with Gasteiger partial charge < -0.3 is 5.32 Å². The first-order chi connectivity index (χ1) is 5.36. The van der Waals surface area contributed by atoms with Crippen molar-refractivity contribution in [3.8, 4) is 0 Å². The van der Waals surface area contributed by atoms with E-state index >= 15 is 0 Å². The van der Waals surface area contributed by atoms with Crippen molar-refractivity contribution in [2.45, 2.75) is 25.8 Å². The molecule has 0 bridgehead atoms. The molecule has 1 rings (SSSR count). The van der Waals surface area contributed by atoms with Gasteiger partial charge in [0.1, 0.15) is 0 Å². The highest BCUT2D eigenvalue weighted by Crippen LogP contribution is 2.02. The Hall–Kier alpha value is -0.480. The summed E-state index contributed by atoms with van der Waals surface area (Å²) in [4.78, 5) is 0. The molecule has 0 saturated carbocycles. The van der Waals surface area contributed by atoms with Gasteiger partial charge in [0.05, 0.1) is 23.6 Å². The van der Waals surface area contributed by atoms with Crippen molar-refractivity contribution in [3.05, 3.63) is 11.9 Å². The number of hydrogen-bond donors (Lipinski definition) is 1. The molecule has 3 nitrogen and oxygen atoms in total. The molecule has 0 radical (unpaired) electrons. The van der Waals surface area contributed by atoms with E-state index in [1.54, 1.807) is 0 Å². The van der Waals surface area contributed by atoms with E-state index in [9.17, 15) is 0 Å². The van der Waals surface area contributed by atoms with E-state index in [2.05, 4.69) is 21.0 Å². The molecule has 11 heavy (non-hydrogen) atoms. The van der Waals surface area contributed by atoms with Crippen LogP contribution in [-0.4, -0.2) is 21.8 Å². The third-order valence-electron chi connectivity index (χ3n) is 1.76. The minimum Gasteiger partial charge on any atom is -0.317 e. The summed E-state index contributed by atoms with van der Waals surface area (Å²) in [5, 5.41) is 3.23. The summed E-state index contributed by atoms with van der Waals surface area (Å²) >= 11 is 1.27. The van der Waals surface area contributed by atoms with Crippen molar-refractivity contribution >= 4 is 11.7 Å². The van der Waals surface area contributed by atoms with Gasteiger partial charge in [-0.2, -0.15) is 8.75 Å². The van der Waals surface area contributed by atoms with E-state index in [1.165, 1.54) is 11.7 Å². The van der Waals surface area contributed by atoms with Crippen LogP contribution in [0.15, 0.2) is 6.20 Å². The summed E-state index contributed by atoms with van der Waals surface area (Å²) in [7, 11) is 1.98. The summed E-state index contributed by atoms with van der Waals surface area (Å²) in [6.45, 7) is 2.17. The molecule has 1 aromatic heterocycles. The quantitative estimate of drug-likeness (QED) is 0.736. The third kappa shape index (κ3) is 2.55. The normalized spacial score (nSPS) is 13.3. The highest BCUT2D eigenvalue weighted by Gasteiger charge is 2.05. The first-order valence-corrected chi connectivity index (χ1v) is 4.53. The second-order valence-electron chi connectivity index (χ2n) is 2.50. The Morgan fingerprint density at radius 2 is 2.55 bits per heavy atom. The lowest BCUT2D eigenvalue weighted by Gasteiger charge is -2.10. The number of nitrogens with zero attached hydrogens (tertiary/aromatic N) is 2. The maximum absolute atomic E-state index is 4.14. The maximum atomic E-state index is 4.14. The van der Waals surface area contributed by atoms with Crippen LogP contribution in [0.1, 0.15) is 19.0 Å². The van der Waals surface area contributed by atoms with E-state index in [0.29, 0.717) is 6.04 Å². The summed E-state index contributed by atoms with van der Waals surface area (Å²) in [6.07, 6.45) is 3.96. The molecule has 1 heterocycles. The van der Waals surface area contributed by atoms with Crippen LogP contribution in [0.2, 0.25) is 0 Å². The van der Waals surface area contributed by atoms with Gasteiger partial charge in [-0.25, -0.2) is 0 Å². The van der Waals surface area contributed by atoms with Gasteiger partial charge in [0.25, 0.3) is 0 Å². The molecule has 0 aliphatic rings. The lowest BCUT2D eigenvalue weighted by atomic mass is 10.1.